The quantitative estimate of drug-likeness (QED) is 0.202. The first-order valence-electron chi connectivity index (χ1n) is 7.69. The zero-order valence-corrected chi connectivity index (χ0v) is 18.2. The van der Waals surface area contributed by atoms with Gasteiger partial charge in [0.2, 0.25) is 0 Å². The molecule has 0 aliphatic rings. The number of hydrogen-bond acceptors (Lipinski definition) is 11. The smallest absolute Gasteiger partial charge is 0.549 e. The van der Waals surface area contributed by atoms with E-state index in [0.717, 1.165) is 9.80 Å². The van der Waals surface area contributed by atoms with Gasteiger partial charge in [-0.3, -0.25) is 24.3 Å². The van der Waals surface area contributed by atoms with Crippen molar-refractivity contribution in [2.24, 2.45) is 0 Å². The average Bonchev–Trinajstić information content (AvgIpc) is 2.46. The summed E-state index contributed by atoms with van der Waals surface area (Å²) in [6.45, 7) is -3.60. The van der Waals surface area contributed by atoms with Crippen molar-refractivity contribution >= 4 is 55.7 Å². The number of carboxylic acids is 5. The summed E-state index contributed by atoms with van der Waals surface area (Å²) in [6.07, 6.45) is 0. The van der Waals surface area contributed by atoms with Crippen molar-refractivity contribution in [2.75, 3.05) is 58.9 Å². The second-order valence-corrected chi connectivity index (χ2v) is 5.60. The van der Waals surface area contributed by atoms with Gasteiger partial charge < -0.3 is 39.9 Å². The molecular formula is C14H20InN3O10. The Labute approximate surface area is 178 Å². The molecule has 0 heterocycles. The first kappa shape index (κ1) is 28.3. The molecule has 13 nitrogen and oxygen atoms in total. The van der Waals surface area contributed by atoms with Crippen molar-refractivity contribution in [1.82, 2.24) is 14.7 Å². The number of carbonyl (C=O) groups excluding carboxylic acids is 3. The predicted molar refractivity (Wildman–Crippen MR) is 85.4 cm³/mol. The molecule has 0 rings (SSSR count). The third-order valence-electron chi connectivity index (χ3n) is 3.24. The molecule has 0 aliphatic heterocycles. The minimum Gasteiger partial charge on any atom is -0.549 e. The first-order valence-corrected chi connectivity index (χ1v) is 7.69. The Hall–Kier alpha value is -1.90. The molecule has 0 spiro atoms. The predicted octanol–water partition coefficient (Wildman–Crippen LogP) is -7.07. The van der Waals surface area contributed by atoms with E-state index in [0.29, 0.717) is 0 Å². The van der Waals surface area contributed by atoms with Crippen LogP contribution < -0.4 is 15.3 Å². The summed E-state index contributed by atoms with van der Waals surface area (Å²) >= 11 is 0. The SMILES string of the molecule is O=C([O-])CN(CCN(CC(=O)[O-])CC(=O)[O-])CCN(CC(=O)O)CC(=O)O.[111In+3]. The molecule has 14 heteroatoms. The number of carbonyl (C=O) groups is 5. The zero-order chi connectivity index (χ0) is 21.0. The van der Waals surface area contributed by atoms with E-state index in [1.807, 2.05) is 0 Å². The van der Waals surface area contributed by atoms with Gasteiger partial charge in [-0.05, 0) is 0 Å². The van der Waals surface area contributed by atoms with Crippen LogP contribution in [-0.2, 0) is 24.0 Å². The van der Waals surface area contributed by atoms with E-state index in [1.165, 1.54) is 4.90 Å². The van der Waals surface area contributed by atoms with Gasteiger partial charge in [0.25, 0.3) is 0 Å². The van der Waals surface area contributed by atoms with Crippen LogP contribution in [-0.4, -0.2) is 140 Å². The van der Waals surface area contributed by atoms with E-state index in [1.54, 1.807) is 0 Å². The molecular weight excluding hydrogens is 481 g/mol. The van der Waals surface area contributed by atoms with E-state index in [-0.39, 0.29) is 52.0 Å². The Morgan fingerprint density at radius 1 is 0.536 bits per heavy atom. The molecule has 0 saturated carbocycles. The second-order valence-electron chi connectivity index (χ2n) is 5.60. The van der Waals surface area contributed by atoms with Gasteiger partial charge in [-0.2, -0.15) is 0 Å². The van der Waals surface area contributed by atoms with E-state index in [2.05, 4.69) is 0 Å². The van der Waals surface area contributed by atoms with Gasteiger partial charge in [0.1, 0.15) is 0 Å². The summed E-state index contributed by atoms with van der Waals surface area (Å²) in [7, 11) is 0. The van der Waals surface area contributed by atoms with Crippen LogP contribution in [0.1, 0.15) is 0 Å². The summed E-state index contributed by atoms with van der Waals surface area (Å²) < 4.78 is 0. The molecule has 0 aromatic carbocycles. The topological polar surface area (TPSA) is 205 Å². The van der Waals surface area contributed by atoms with E-state index in [4.69, 9.17) is 10.2 Å². The van der Waals surface area contributed by atoms with Crippen LogP contribution in [0.4, 0.5) is 0 Å². The fraction of sp³-hybridized carbons (Fsp3) is 0.643. The van der Waals surface area contributed by atoms with Crippen LogP contribution in [0.5, 0.6) is 0 Å². The summed E-state index contributed by atoms with van der Waals surface area (Å²) in [5.74, 6) is -7.06. The molecule has 0 bridgehead atoms. The van der Waals surface area contributed by atoms with Gasteiger partial charge in [-0.25, -0.2) is 0 Å². The summed E-state index contributed by atoms with van der Waals surface area (Å²) in [5.41, 5.74) is 0. The van der Waals surface area contributed by atoms with E-state index in [9.17, 15) is 39.3 Å². The van der Waals surface area contributed by atoms with Crippen LogP contribution in [0.15, 0.2) is 0 Å². The maximum absolute atomic E-state index is 10.8. The second kappa shape index (κ2) is 15.1. The van der Waals surface area contributed by atoms with Gasteiger partial charge in [0.05, 0.1) is 31.0 Å². The Morgan fingerprint density at radius 2 is 0.786 bits per heavy atom. The maximum atomic E-state index is 10.8. The first-order chi connectivity index (χ1) is 12.5. The van der Waals surface area contributed by atoms with Crippen LogP contribution >= 0.6 is 0 Å². The molecule has 0 saturated heterocycles. The molecule has 0 aromatic heterocycles. The third-order valence-corrected chi connectivity index (χ3v) is 3.24. The Kier molecular flexibility index (Phi) is 15.2. The summed E-state index contributed by atoms with van der Waals surface area (Å²) in [6, 6.07) is 0. The number of aliphatic carboxylic acids is 5. The number of rotatable bonds is 16. The van der Waals surface area contributed by atoms with Crippen LogP contribution in [0.25, 0.3) is 0 Å². The van der Waals surface area contributed by atoms with Crippen LogP contribution in [0, 0.1) is 0 Å². The Bertz CT molecular complexity index is 487. The van der Waals surface area contributed by atoms with Crippen molar-refractivity contribution in [2.45, 2.75) is 0 Å². The Balaban J connectivity index is 0. The Morgan fingerprint density at radius 3 is 1.07 bits per heavy atom. The number of carboxylic acid groups (broad SMARTS) is 5. The normalized spacial score (nSPS) is 10.7. The molecule has 0 fully saturated rings. The summed E-state index contributed by atoms with van der Waals surface area (Å²) in [5, 5.41) is 49.6. The van der Waals surface area contributed by atoms with Crippen molar-refractivity contribution < 1.29 is 49.5 Å². The van der Waals surface area contributed by atoms with Crippen LogP contribution in [0.3, 0.4) is 0 Å². The molecule has 154 valence electrons. The van der Waals surface area contributed by atoms with Gasteiger partial charge in [-0.15, -0.1) is 0 Å². The van der Waals surface area contributed by atoms with Gasteiger partial charge in [0.15, 0.2) is 0 Å². The fourth-order valence-corrected chi connectivity index (χ4v) is 2.19. The number of nitrogens with zero attached hydrogens (tertiary/aromatic N) is 3. The zero-order valence-electron chi connectivity index (χ0n) is 14.9. The molecule has 0 aromatic rings. The van der Waals surface area contributed by atoms with Gasteiger partial charge in [0, 0.05) is 45.8 Å². The van der Waals surface area contributed by atoms with Gasteiger partial charge >= 0.3 is 37.8 Å². The van der Waals surface area contributed by atoms with Crippen LogP contribution in [0.2, 0.25) is 0 Å². The largest absolute Gasteiger partial charge is 3.00 e. The summed E-state index contributed by atoms with van der Waals surface area (Å²) in [4.78, 5) is 56.9. The molecule has 28 heavy (non-hydrogen) atoms. The molecule has 2 N–H and O–H groups in total. The standard InChI is InChI=1S/C14H23N3O10.In/c18-10(19)5-15(1-3-16(6-11(20)21)7-12(22)23)2-4-17(8-13(24)25)9-14(26)27;/h1-9H2,(H,18,19)(H,20,21)(H,22,23)(H,24,25)(H,26,27);/q;+3/p-3/i;1-4. The van der Waals surface area contributed by atoms with E-state index >= 15 is 0 Å². The molecule has 0 atom stereocenters. The van der Waals surface area contributed by atoms with Crippen molar-refractivity contribution in [3.8, 4) is 0 Å². The molecule has 0 amide bonds. The maximum Gasteiger partial charge on any atom is 3.00 e. The van der Waals surface area contributed by atoms with Crippen molar-refractivity contribution in [3.05, 3.63) is 0 Å². The minimum atomic E-state index is -1.53. The average molecular weight is 501 g/mol. The third kappa shape index (κ3) is 16.3. The fourth-order valence-electron chi connectivity index (χ4n) is 2.19. The monoisotopic (exact) mass is 501 g/mol. The molecule has 0 unspecified atom stereocenters. The molecule has 0 radical (unpaired) electrons. The van der Waals surface area contributed by atoms with Crippen molar-refractivity contribution in [1.29, 1.82) is 0 Å². The van der Waals surface area contributed by atoms with Crippen molar-refractivity contribution in [3.63, 3.8) is 0 Å². The van der Waals surface area contributed by atoms with Gasteiger partial charge in [-0.1, -0.05) is 0 Å². The van der Waals surface area contributed by atoms with E-state index < -0.39 is 62.6 Å². The number of hydrogen-bond donors (Lipinski definition) is 2. The molecule has 0 aliphatic carbocycles. The minimum absolute atomic E-state index is 0.